The summed E-state index contributed by atoms with van der Waals surface area (Å²) in [6.45, 7) is 3.00. The molecule has 0 radical (unpaired) electrons. The number of rotatable bonds is 3. The zero-order valence-electron chi connectivity index (χ0n) is 11.6. The lowest BCUT2D eigenvalue weighted by atomic mass is 9.76. The Balaban J connectivity index is 2.09. The van der Waals surface area contributed by atoms with Crippen LogP contribution in [0.3, 0.4) is 0 Å². The van der Waals surface area contributed by atoms with Crippen LogP contribution in [-0.2, 0) is 5.60 Å². The number of hydrogen-bond donors (Lipinski definition) is 1. The number of hydrogen-bond acceptors (Lipinski definition) is 4. The van der Waals surface area contributed by atoms with Gasteiger partial charge in [0, 0.05) is 19.0 Å². The second-order valence-corrected chi connectivity index (χ2v) is 5.50. The molecule has 3 unspecified atom stereocenters. The maximum absolute atomic E-state index is 11.3. The Hall–Kier alpha value is -1.26. The SMILES string of the molecule is COc1cccc(OC)c1C1(O)CCN2CCC1C2. The van der Waals surface area contributed by atoms with E-state index in [-0.39, 0.29) is 5.92 Å². The highest BCUT2D eigenvalue weighted by molar-refractivity contribution is 5.49. The molecule has 0 aromatic heterocycles. The van der Waals surface area contributed by atoms with Crippen LogP contribution in [0.1, 0.15) is 18.4 Å². The van der Waals surface area contributed by atoms with Crippen molar-refractivity contribution >= 4 is 0 Å². The first-order chi connectivity index (χ1) is 9.19. The topological polar surface area (TPSA) is 41.9 Å². The molecular weight excluding hydrogens is 242 g/mol. The summed E-state index contributed by atoms with van der Waals surface area (Å²) in [5.41, 5.74) is -0.00292. The van der Waals surface area contributed by atoms with Gasteiger partial charge in [-0.2, -0.15) is 0 Å². The summed E-state index contributed by atoms with van der Waals surface area (Å²) in [6, 6.07) is 5.70. The summed E-state index contributed by atoms with van der Waals surface area (Å²) in [7, 11) is 3.29. The molecule has 4 nitrogen and oxygen atoms in total. The van der Waals surface area contributed by atoms with Crippen LogP contribution in [0.25, 0.3) is 0 Å². The van der Waals surface area contributed by atoms with Crippen molar-refractivity contribution in [3.8, 4) is 11.5 Å². The van der Waals surface area contributed by atoms with Gasteiger partial charge in [0.05, 0.1) is 19.8 Å². The minimum atomic E-state index is -0.828. The molecule has 104 valence electrons. The van der Waals surface area contributed by atoms with Crippen molar-refractivity contribution in [2.75, 3.05) is 33.9 Å². The highest BCUT2D eigenvalue weighted by atomic mass is 16.5. The van der Waals surface area contributed by atoms with E-state index in [4.69, 9.17) is 9.47 Å². The van der Waals surface area contributed by atoms with Crippen molar-refractivity contribution in [1.82, 2.24) is 4.90 Å². The first-order valence-electron chi connectivity index (χ1n) is 6.85. The van der Waals surface area contributed by atoms with Gasteiger partial charge in [-0.1, -0.05) is 6.07 Å². The summed E-state index contributed by atoms with van der Waals surface area (Å²) in [6.07, 6.45) is 1.78. The summed E-state index contributed by atoms with van der Waals surface area (Å²) in [4.78, 5) is 2.42. The normalized spacial score (nSPS) is 33.2. The molecule has 2 aliphatic heterocycles. The molecule has 19 heavy (non-hydrogen) atoms. The molecule has 4 heteroatoms. The lowest BCUT2D eigenvalue weighted by molar-refractivity contribution is -0.0531. The molecule has 2 fully saturated rings. The summed E-state index contributed by atoms with van der Waals surface area (Å²) < 4.78 is 10.9. The fraction of sp³-hybridized carbons (Fsp3) is 0.600. The molecule has 0 saturated carbocycles. The number of benzene rings is 1. The van der Waals surface area contributed by atoms with Gasteiger partial charge in [-0.25, -0.2) is 0 Å². The molecule has 2 heterocycles. The van der Waals surface area contributed by atoms with Crippen LogP contribution >= 0.6 is 0 Å². The molecule has 1 aromatic rings. The van der Waals surface area contributed by atoms with Crippen LogP contribution in [0.2, 0.25) is 0 Å². The van der Waals surface area contributed by atoms with Crippen molar-refractivity contribution in [1.29, 1.82) is 0 Å². The molecule has 3 rings (SSSR count). The average molecular weight is 263 g/mol. The minimum absolute atomic E-state index is 0.270. The van der Waals surface area contributed by atoms with E-state index in [1.165, 1.54) is 0 Å². The fourth-order valence-corrected chi connectivity index (χ4v) is 3.57. The number of piperidine rings is 1. The standard InChI is InChI=1S/C15H21NO3/c1-18-12-4-3-5-13(19-2)14(12)15(17)7-9-16-8-6-11(15)10-16/h3-5,11,17H,6-10H2,1-2H3. The Morgan fingerprint density at radius 3 is 2.53 bits per heavy atom. The van der Waals surface area contributed by atoms with Crippen LogP contribution in [0.5, 0.6) is 11.5 Å². The molecule has 1 N–H and O–H groups in total. The quantitative estimate of drug-likeness (QED) is 0.900. The number of ether oxygens (including phenoxy) is 2. The van der Waals surface area contributed by atoms with E-state index < -0.39 is 5.60 Å². The van der Waals surface area contributed by atoms with Gasteiger partial charge >= 0.3 is 0 Å². The van der Waals surface area contributed by atoms with Gasteiger partial charge in [-0.15, -0.1) is 0 Å². The molecule has 2 bridgehead atoms. The Labute approximate surface area is 113 Å². The second-order valence-electron chi connectivity index (χ2n) is 5.50. The predicted octanol–water partition coefficient (Wildman–Crippen LogP) is 1.62. The van der Waals surface area contributed by atoms with Crippen molar-refractivity contribution in [3.63, 3.8) is 0 Å². The number of methoxy groups -OCH3 is 2. The van der Waals surface area contributed by atoms with Crippen LogP contribution < -0.4 is 9.47 Å². The number of nitrogens with zero attached hydrogens (tertiary/aromatic N) is 1. The Morgan fingerprint density at radius 1 is 1.21 bits per heavy atom. The van der Waals surface area contributed by atoms with Crippen molar-refractivity contribution in [3.05, 3.63) is 23.8 Å². The van der Waals surface area contributed by atoms with E-state index in [9.17, 15) is 5.11 Å². The van der Waals surface area contributed by atoms with Crippen LogP contribution in [-0.4, -0.2) is 43.9 Å². The lowest BCUT2D eigenvalue weighted by Gasteiger charge is -2.40. The highest BCUT2D eigenvalue weighted by Gasteiger charge is 2.48. The van der Waals surface area contributed by atoms with Gasteiger partial charge in [-0.3, -0.25) is 0 Å². The molecule has 0 amide bonds. The monoisotopic (exact) mass is 263 g/mol. The van der Waals surface area contributed by atoms with Crippen LogP contribution in [0, 0.1) is 5.92 Å². The van der Waals surface area contributed by atoms with Gasteiger partial charge in [-0.05, 0) is 31.5 Å². The summed E-state index contributed by atoms with van der Waals surface area (Å²) in [5.74, 6) is 1.72. The fourth-order valence-electron chi connectivity index (χ4n) is 3.57. The number of fused-ring (bicyclic) bond motifs is 2. The lowest BCUT2D eigenvalue weighted by Crippen LogP contribution is -2.44. The molecular formula is C15H21NO3. The van der Waals surface area contributed by atoms with Gasteiger partial charge < -0.3 is 19.5 Å². The third-order valence-corrected chi connectivity index (χ3v) is 4.62. The molecule has 0 spiro atoms. The van der Waals surface area contributed by atoms with Crippen molar-refractivity contribution in [2.45, 2.75) is 18.4 Å². The van der Waals surface area contributed by atoms with Crippen LogP contribution in [0.15, 0.2) is 18.2 Å². The molecule has 3 atom stereocenters. The van der Waals surface area contributed by atoms with E-state index in [1.54, 1.807) is 14.2 Å². The zero-order valence-corrected chi connectivity index (χ0v) is 11.6. The van der Waals surface area contributed by atoms with Gasteiger partial charge in [0.1, 0.15) is 17.1 Å². The van der Waals surface area contributed by atoms with E-state index >= 15 is 0 Å². The third kappa shape index (κ3) is 1.90. The Kier molecular flexibility index (Phi) is 3.15. The highest BCUT2D eigenvalue weighted by Crippen LogP contribution is 2.49. The van der Waals surface area contributed by atoms with Gasteiger partial charge in [0.2, 0.25) is 0 Å². The van der Waals surface area contributed by atoms with E-state index in [1.807, 2.05) is 18.2 Å². The summed E-state index contributed by atoms with van der Waals surface area (Å²) >= 11 is 0. The maximum Gasteiger partial charge on any atom is 0.128 e. The van der Waals surface area contributed by atoms with E-state index in [0.29, 0.717) is 0 Å². The smallest absolute Gasteiger partial charge is 0.128 e. The Morgan fingerprint density at radius 2 is 1.89 bits per heavy atom. The minimum Gasteiger partial charge on any atom is -0.496 e. The summed E-state index contributed by atoms with van der Waals surface area (Å²) in [5, 5.41) is 11.3. The third-order valence-electron chi connectivity index (χ3n) is 4.62. The Bertz CT molecular complexity index is 454. The predicted molar refractivity (Wildman–Crippen MR) is 72.6 cm³/mol. The van der Waals surface area contributed by atoms with Gasteiger partial charge in [0.25, 0.3) is 0 Å². The average Bonchev–Trinajstić information content (AvgIpc) is 2.87. The van der Waals surface area contributed by atoms with Crippen molar-refractivity contribution in [2.24, 2.45) is 5.92 Å². The second kappa shape index (κ2) is 4.69. The molecule has 0 aliphatic carbocycles. The molecule has 2 saturated heterocycles. The largest absolute Gasteiger partial charge is 0.496 e. The maximum atomic E-state index is 11.3. The molecule has 2 aliphatic rings. The van der Waals surface area contributed by atoms with E-state index in [0.717, 1.165) is 49.5 Å². The van der Waals surface area contributed by atoms with Gasteiger partial charge in [0.15, 0.2) is 0 Å². The van der Waals surface area contributed by atoms with Crippen molar-refractivity contribution < 1.29 is 14.6 Å². The molecule has 1 aromatic carbocycles. The van der Waals surface area contributed by atoms with Crippen LogP contribution in [0.4, 0.5) is 0 Å². The zero-order chi connectivity index (χ0) is 13.5. The number of aliphatic hydroxyl groups is 1. The first kappa shape index (κ1) is 12.8. The van der Waals surface area contributed by atoms with E-state index in [2.05, 4.69) is 4.90 Å². The first-order valence-corrected chi connectivity index (χ1v) is 6.85.